The molecule has 0 radical (unpaired) electrons. The van der Waals surface area contributed by atoms with E-state index in [0.717, 1.165) is 34.5 Å². The number of benzene rings is 1. The molecule has 0 aliphatic carbocycles. The minimum Gasteiger partial charge on any atom is -0.490 e. The molecule has 0 aliphatic heterocycles. The highest BCUT2D eigenvalue weighted by Crippen LogP contribution is 2.21. The summed E-state index contributed by atoms with van der Waals surface area (Å²) in [7, 11) is 3.56. The SMILES string of the molecule is COCCCOc1cnc(-c2cccc(Cc3nnc4ncc(-c5cnn(C)c5)cn34)c2)nc1. The second-order valence-corrected chi connectivity index (χ2v) is 7.85. The van der Waals surface area contributed by atoms with Crippen LogP contribution in [0.3, 0.4) is 0 Å². The van der Waals surface area contributed by atoms with Crippen molar-refractivity contribution in [2.24, 2.45) is 7.05 Å². The van der Waals surface area contributed by atoms with Gasteiger partial charge in [0.25, 0.3) is 5.78 Å². The standard InChI is InChI=1S/C24H24N8O2/c1-31-15-20(12-28-31)19-11-27-24-30-29-22(32(24)16-19)10-17-5-3-6-18(9-17)23-25-13-21(14-26-23)34-8-4-7-33-2/h3,5-6,9,11-16H,4,7-8,10H2,1-2H3. The average Bonchev–Trinajstić information content (AvgIpc) is 3.48. The van der Waals surface area contributed by atoms with Gasteiger partial charge >= 0.3 is 0 Å². The Morgan fingerprint density at radius 3 is 2.53 bits per heavy atom. The summed E-state index contributed by atoms with van der Waals surface area (Å²) in [5.41, 5.74) is 3.93. The molecule has 0 saturated carbocycles. The molecule has 4 heterocycles. The van der Waals surface area contributed by atoms with Crippen molar-refractivity contribution in [2.45, 2.75) is 12.8 Å². The number of ether oxygens (including phenoxy) is 2. The highest BCUT2D eigenvalue weighted by atomic mass is 16.5. The van der Waals surface area contributed by atoms with Crippen LogP contribution in [0.4, 0.5) is 0 Å². The van der Waals surface area contributed by atoms with Crippen molar-refractivity contribution in [2.75, 3.05) is 20.3 Å². The Morgan fingerprint density at radius 1 is 0.882 bits per heavy atom. The van der Waals surface area contributed by atoms with Crippen LogP contribution in [0.25, 0.3) is 28.3 Å². The summed E-state index contributed by atoms with van der Waals surface area (Å²) >= 11 is 0. The van der Waals surface area contributed by atoms with Crippen molar-refractivity contribution in [3.63, 3.8) is 0 Å². The lowest BCUT2D eigenvalue weighted by molar-refractivity contribution is 0.172. The lowest BCUT2D eigenvalue weighted by Gasteiger charge is -2.07. The number of nitrogens with zero attached hydrogens (tertiary/aromatic N) is 8. The molecule has 0 bridgehead atoms. The topological polar surface area (TPSA) is 105 Å². The summed E-state index contributed by atoms with van der Waals surface area (Å²) < 4.78 is 14.4. The van der Waals surface area contributed by atoms with Crippen LogP contribution >= 0.6 is 0 Å². The van der Waals surface area contributed by atoms with Gasteiger partial charge in [0.15, 0.2) is 11.6 Å². The van der Waals surface area contributed by atoms with Gasteiger partial charge in [0, 0.05) is 68.9 Å². The number of fused-ring (bicyclic) bond motifs is 1. The Labute approximate surface area is 196 Å². The maximum Gasteiger partial charge on any atom is 0.254 e. The molecule has 10 nitrogen and oxygen atoms in total. The molecule has 4 aromatic heterocycles. The molecule has 0 spiro atoms. The van der Waals surface area contributed by atoms with Crippen molar-refractivity contribution < 1.29 is 9.47 Å². The van der Waals surface area contributed by atoms with Gasteiger partial charge in [0.05, 0.1) is 25.2 Å². The highest BCUT2D eigenvalue weighted by Gasteiger charge is 2.11. The van der Waals surface area contributed by atoms with Crippen LogP contribution in [-0.4, -0.2) is 59.7 Å². The van der Waals surface area contributed by atoms with E-state index < -0.39 is 0 Å². The van der Waals surface area contributed by atoms with E-state index in [0.29, 0.717) is 37.0 Å². The first-order valence-corrected chi connectivity index (χ1v) is 10.9. The predicted molar refractivity (Wildman–Crippen MR) is 125 cm³/mol. The summed E-state index contributed by atoms with van der Waals surface area (Å²) in [5.74, 6) is 2.63. The number of aryl methyl sites for hydroxylation is 1. The molecule has 172 valence electrons. The van der Waals surface area contributed by atoms with Crippen molar-refractivity contribution in [3.8, 4) is 28.3 Å². The van der Waals surface area contributed by atoms with E-state index >= 15 is 0 Å². The zero-order valence-corrected chi connectivity index (χ0v) is 19.0. The minimum absolute atomic E-state index is 0.559. The van der Waals surface area contributed by atoms with E-state index in [4.69, 9.17) is 9.47 Å². The monoisotopic (exact) mass is 456 g/mol. The highest BCUT2D eigenvalue weighted by molar-refractivity contribution is 5.61. The zero-order chi connectivity index (χ0) is 23.3. The van der Waals surface area contributed by atoms with Crippen LogP contribution < -0.4 is 4.74 Å². The number of aromatic nitrogens is 8. The summed E-state index contributed by atoms with van der Waals surface area (Å²) in [6.07, 6.45) is 12.3. The quantitative estimate of drug-likeness (QED) is 0.312. The third-order valence-corrected chi connectivity index (χ3v) is 5.31. The second-order valence-electron chi connectivity index (χ2n) is 7.85. The van der Waals surface area contributed by atoms with Gasteiger partial charge in [-0.25, -0.2) is 15.0 Å². The first-order valence-electron chi connectivity index (χ1n) is 10.9. The first kappa shape index (κ1) is 21.7. The van der Waals surface area contributed by atoms with Crippen molar-refractivity contribution in [1.29, 1.82) is 0 Å². The van der Waals surface area contributed by atoms with E-state index in [1.54, 1.807) is 30.4 Å². The van der Waals surface area contributed by atoms with Gasteiger partial charge in [-0.3, -0.25) is 9.08 Å². The van der Waals surface area contributed by atoms with Gasteiger partial charge in [-0.1, -0.05) is 18.2 Å². The van der Waals surface area contributed by atoms with Crippen LogP contribution in [0.1, 0.15) is 17.8 Å². The maximum atomic E-state index is 5.64. The van der Waals surface area contributed by atoms with Gasteiger partial charge in [-0.05, 0) is 11.6 Å². The smallest absolute Gasteiger partial charge is 0.254 e. The Morgan fingerprint density at radius 2 is 1.74 bits per heavy atom. The molecule has 0 amide bonds. The average molecular weight is 457 g/mol. The van der Waals surface area contributed by atoms with E-state index in [1.165, 1.54) is 0 Å². The molecule has 5 rings (SSSR count). The molecule has 0 atom stereocenters. The van der Waals surface area contributed by atoms with Crippen LogP contribution in [0, 0.1) is 0 Å². The maximum absolute atomic E-state index is 5.64. The largest absolute Gasteiger partial charge is 0.490 e. The van der Waals surface area contributed by atoms with Crippen LogP contribution in [0.2, 0.25) is 0 Å². The molecule has 0 aliphatic rings. The fraction of sp³-hybridized carbons (Fsp3) is 0.250. The first-order chi connectivity index (χ1) is 16.7. The van der Waals surface area contributed by atoms with Gasteiger partial charge in [0.1, 0.15) is 5.82 Å². The summed E-state index contributed by atoms with van der Waals surface area (Å²) in [4.78, 5) is 13.4. The molecular weight excluding hydrogens is 432 g/mol. The second kappa shape index (κ2) is 9.75. The lowest BCUT2D eigenvalue weighted by Crippen LogP contribution is -2.02. The summed E-state index contributed by atoms with van der Waals surface area (Å²) in [6.45, 7) is 1.23. The molecular formula is C24H24N8O2. The Hall–Kier alpha value is -4.18. The van der Waals surface area contributed by atoms with Gasteiger partial charge < -0.3 is 9.47 Å². The molecule has 5 aromatic rings. The molecule has 1 aromatic carbocycles. The van der Waals surface area contributed by atoms with Crippen LogP contribution in [0.15, 0.2) is 61.4 Å². The van der Waals surface area contributed by atoms with E-state index in [-0.39, 0.29) is 0 Å². The van der Waals surface area contributed by atoms with Crippen LogP contribution in [-0.2, 0) is 18.2 Å². The van der Waals surface area contributed by atoms with E-state index in [2.05, 4.69) is 42.4 Å². The van der Waals surface area contributed by atoms with E-state index in [9.17, 15) is 0 Å². The minimum atomic E-state index is 0.559. The molecule has 10 heteroatoms. The number of hydrogen-bond donors (Lipinski definition) is 0. The van der Waals surface area contributed by atoms with Crippen molar-refractivity contribution >= 4 is 5.78 Å². The fourth-order valence-electron chi connectivity index (χ4n) is 3.61. The Bertz CT molecular complexity index is 1390. The van der Waals surface area contributed by atoms with E-state index in [1.807, 2.05) is 42.2 Å². The van der Waals surface area contributed by atoms with Crippen LogP contribution in [0.5, 0.6) is 5.75 Å². The Kier molecular flexibility index (Phi) is 6.21. The molecule has 0 saturated heterocycles. The molecule has 0 N–H and O–H groups in total. The third kappa shape index (κ3) is 4.76. The molecule has 0 fully saturated rings. The van der Waals surface area contributed by atoms with Crippen molar-refractivity contribution in [1.82, 2.24) is 39.3 Å². The number of methoxy groups -OCH3 is 1. The Balaban J connectivity index is 1.34. The summed E-state index contributed by atoms with van der Waals surface area (Å²) in [5, 5.41) is 12.8. The van der Waals surface area contributed by atoms with Crippen molar-refractivity contribution in [3.05, 3.63) is 72.8 Å². The lowest BCUT2D eigenvalue weighted by atomic mass is 10.1. The number of rotatable bonds is 9. The third-order valence-electron chi connectivity index (χ3n) is 5.31. The van der Waals surface area contributed by atoms with Gasteiger partial charge in [-0.2, -0.15) is 5.10 Å². The predicted octanol–water partition coefficient (Wildman–Crippen LogP) is 2.99. The van der Waals surface area contributed by atoms with Gasteiger partial charge in [-0.15, -0.1) is 10.2 Å². The number of hydrogen-bond acceptors (Lipinski definition) is 8. The summed E-state index contributed by atoms with van der Waals surface area (Å²) in [6, 6.07) is 8.10. The zero-order valence-electron chi connectivity index (χ0n) is 19.0. The molecule has 34 heavy (non-hydrogen) atoms. The normalized spacial score (nSPS) is 11.2. The van der Waals surface area contributed by atoms with Gasteiger partial charge in [0.2, 0.25) is 0 Å². The fourth-order valence-corrected chi connectivity index (χ4v) is 3.61. The molecule has 0 unspecified atom stereocenters.